The van der Waals surface area contributed by atoms with Crippen molar-refractivity contribution in [2.75, 3.05) is 13.1 Å². The topological polar surface area (TPSA) is 70.8 Å². The number of aromatic nitrogens is 4. The second kappa shape index (κ2) is 5.26. The highest BCUT2D eigenvalue weighted by atomic mass is 16.5. The number of aryl methyl sites for hydroxylation is 1. The van der Waals surface area contributed by atoms with E-state index in [-0.39, 0.29) is 0 Å². The molecule has 1 saturated heterocycles. The lowest BCUT2D eigenvalue weighted by molar-refractivity contribution is 0.191. The molecule has 4 rings (SSSR count). The van der Waals surface area contributed by atoms with E-state index >= 15 is 0 Å². The molecule has 0 amide bonds. The van der Waals surface area contributed by atoms with E-state index in [9.17, 15) is 0 Å². The number of hydrogen-bond acceptors (Lipinski definition) is 5. The van der Waals surface area contributed by atoms with Crippen LogP contribution in [0.4, 0.5) is 0 Å². The number of likely N-dealkylation sites (tertiary alicyclic amines) is 1. The molecule has 1 atom stereocenters. The van der Waals surface area contributed by atoms with Crippen molar-refractivity contribution in [3.05, 3.63) is 29.2 Å². The third kappa shape index (κ3) is 2.85. The van der Waals surface area contributed by atoms with Gasteiger partial charge in [0, 0.05) is 31.0 Å². The summed E-state index contributed by atoms with van der Waals surface area (Å²) in [5.41, 5.74) is 1.06. The Labute approximate surface area is 123 Å². The maximum absolute atomic E-state index is 5.44. The Morgan fingerprint density at radius 1 is 1.33 bits per heavy atom. The fraction of sp³-hybridized carbons (Fsp3) is 0.667. The van der Waals surface area contributed by atoms with Crippen molar-refractivity contribution in [3.63, 3.8) is 0 Å². The van der Waals surface area contributed by atoms with Crippen LogP contribution in [-0.2, 0) is 6.54 Å². The number of piperidine rings is 1. The van der Waals surface area contributed by atoms with Crippen LogP contribution in [0.3, 0.4) is 0 Å². The first-order chi connectivity index (χ1) is 10.3. The normalized spacial score (nSPS) is 23.6. The molecule has 0 radical (unpaired) electrons. The van der Waals surface area contributed by atoms with Gasteiger partial charge in [-0.2, -0.15) is 5.10 Å². The summed E-state index contributed by atoms with van der Waals surface area (Å²) in [6, 6.07) is 2.14. The number of hydrogen-bond donors (Lipinski definition) is 1. The van der Waals surface area contributed by atoms with Gasteiger partial charge in [-0.1, -0.05) is 5.16 Å². The lowest BCUT2D eigenvalue weighted by Gasteiger charge is -2.30. The van der Waals surface area contributed by atoms with Crippen LogP contribution in [0.25, 0.3) is 0 Å². The second-order valence-corrected chi connectivity index (χ2v) is 6.35. The fourth-order valence-corrected chi connectivity index (χ4v) is 3.14. The summed E-state index contributed by atoms with van der Waals surface area (Å²) in [6.07, 6.45) is 4.86. The van der Waals surface area contributed by atoms with Gasteiger partial charge in [0.1, 0.15) is 11.6 Å². The molecule has 0 spiro atoms. The maximum atomic E-state index is 5.44. The molecule has 0 aromatic carbocycles. The number of nitrogens with one attached hydrogen (secondary N) is 1. The lowest BCUT2D eigenvalue weighted by Crippen LogP contribution is -2.34. The van der Waals surface area contributed by atoms with Crippen LogP contribution in [0.15, 0.2) is 10.6 Å². The Hall–Kier alpha value is -1.69. The summed E-state index contributed by atoms with van der Waals surface area (Å²) >= 11 is 0. The van der Waals surface area contributed by atoms with Crippen molar-refractivity contribution < 1.29 is 4.52 Å². The Morgan fingerprint density at radius 3 is 3.00 bits per heavy atom. The Balaban J connectivity index is 1.40. The highest BCUT2D eigenvalue weighted by Crippen LogP contribution is 2.40. The molecule has 21 heavy (non-hydrogen) atoms. The standard InChI is InChI=1S/C15H21N5O/c1-10-16-15(18-17-10)12-3-2-6-20(8-12)9-13-7-14(21-19-13)11-4-5-11/h7,11-12H,2-6,8-9H2,1H3,(H,16,17,18)/t12-/m0/s1. The van der Waals surface area contributed by atoms with Crippen LogP contribution in [0.5, 0.6) is 0 Å². The van der Waals surface area contributed by atoms with Crippen LogP contribution in [0.2, 0.25) is 0 Å². The molecule has 0 bridgehead atoms. The van der Waals surface area contributed by atoms with E-state index in [0.717, 1.165) is 42.7 Å². The predicted octanol–water partition coefficient (Wildman–Crippen LogP) is 2.36. The average Bonchev–Trinajstić information content (AvgIpc) is 3.09. The van der Waals surface area contributed by atoms with Crippen molar-refractivity contribution in [2.45, 2.75) is 51.0 Å². The summed E-state index contributed by atoms with van der Waals surface area (Å²) < 4.78 is 5.44. The highest BCUT2D eigenvalue weighted by molar-refractivity contribution is 5.14. The molecule has 3 heterocycles. The molecule has 1 N–H and O–H groups in total. The first-order valence-electron chi connectivity index (χ1n) is 7.84. The van der Waals surface area contributed by atoms with E-state index in [1.807, 2.05) is 6.92 Å². The van der Waals surface area contributed by atoms with Crippen LogP contribution in [-0.4, -0.2) is 38.3 Å². The lowest BCUT2D eigenvalue weighted by atomic mass is 9.97. The van der Waals surface area contributed by atoms with Gasteiger partial charge in [0.2, 0.25) is 0 Å². The summed E-state index contributed by atoms with van der Waals surface area (Å²) in [5, 5.41) is 11.5. The summed E-state index contributed by atoms with van der Waals surface area (Å²) in [4.78, 5) is 6.92. The van der Waals surface area contributed by atoms with E-state index in [2.05, 4.69) is 31.3 Å². The van der Waals surface area contributed by atoms with Gasteiger partial charge < -0.3 is 4.52 Å². The van der Waals surface area contributed by atoms with Crippen LogP contribution in [0, 0.1) is 6.92 Å². The van der Waals surface area contributed by atoms with Gasteiger partial charge in [-0.3, -0.25) is 10.00 Å². The quantitative estimate of drug-likeness (QED) is 0.934. The monoisotopic (exact) mass is 287 g/mol. The number of H-pyrrole nitrogens is 1. The first kappa shape index (κ1) is 13.0. The van der Waals surface area contributed by atoms with Crippen molar-refractivity contribution >= 4 is 0 Å². The molecule has 2 aliphatic rings. The van der Waals surface area contributed by atoms with E-state index in [4.69, 9.17) is 4.52 Å². The van der Waals surface area contributed by atoms with Gasteiger partial charge in [-0.15, -0.1) is 0 Å². The molecule has 1 aliphatic heterocycles. The van der Waals surface area contributed by atoms with Gasteiger partial charge in [0.15, 0.2) is 5.82 Å². The van der Waals surface area contributed by atoms with Crippen molar-refractivity contribution in [1.29, 1.82) is 0 Å². The van der Waals surface area contributed by atoms with E-state index in [1.165, 1.54) is 25.7 Å². The zero-order chi connectivity index (χ0) is 14.2. The molecule has 2 fully saturated rings. The number of rotatable bonds is 4. The number of nitrogens with zero attached hydrogens (tertiary/aromatic N) is 4. The zero-order valence-electron chi connectivity index (χ0n) is 12.4. The summed E-state index contributed by atoms with van der Waals surface area (Å²) in [7, 11) is 0. The average molecular weight is 287 g/mol. The summed E-state index contributed by atoms with van der Waals surface area (Å²) in [6.45, 7) is 4.94. The van der Waals surface area contributed by atoms with Crippen molar-refractivity contribution in [3.8, 4) is 0 Å². The van der Waals surface area contributed by atoms with Crippen LogP contribution >= 0.6 is 0 Å². The molecule has 0 unspecified atom stereocenters. The summed E-state index contributed by atoms with van der Waals surface area (Å²) in [5.74, 6) is 3.99. The number of aromatic amines is 1. The Morgan fingerprint density at radius 2 is 2.24 bits per heavy atom. The third-order valence-electron chi connectivity index (χ3n) is 4.43. The smallest absolute Gasteiger partial charge is 0.155 e. The molecule has 1 saturated carbocycles. The fourth-order valence-electron chi connectivity index (χ4n) is 3.14. The zero-order valence-corrected chi connectivity index (χ0v) is 12.4. The van der Waals surface area contributed by atoms with Crippen LogP contribution in [0.1, 0.15) is 60.6 Å². The Kier molecular flexibility index (Phi) is 3.25. The minimum atomic E-state index is 0.429. The van der Waals surface area contributed by atoms with Gasteiger partial charge in [0.05, 0.1) is 5.69 Å². The highest BCUT2D eigenvalue weighted by Gasteiger charge is 2.29. The van der Waals surface area contributed by atoms with Gasteiger partial charge in [0.25, 0.3) is 0 Å². The molecular formula is C15H21N5O. The van der Waals surface area contributed by atoms with Gasteiger partial charge >= 0.3 is 0 Å². The molecule has 6 nitrogen and oxygen atoms in total. The Bertz CT molecular complexity index is 615. The van der Waals surface area contributed by atoms with E-state index in [1.54, 1.807) is 0 Å². The molecule has 6 heteroatoms. The minimum Gasteiger partial charge on any atom is -0.361 e. The van der Waals surface area contributed by atoms with Crippen molar-refractivity contribution in [1.82, 2.24) is 25.2 Å². The minimum absolute atomic E-state index is 0.429. The maximum Gasteiger partial charge on any atom is 0.155 e. The largest absolute Gasteiger partial charge is 0.361 e. The van der Waals surface area contributed by atoms with E-state index in [0.29, 0.717) is 11.8 Å². The predicted molar refractivity (Wildman–Crippen MR) is 76.8 cm³/mol. The second-order valence-electron chi connectivity index (χ2n) is 6.35. The van der Waals surface area contributed by atoms with Crippen LogP contribution < -0.4 is 0 Å². The SMILES string of the molecule is Cc1nc([C@H]2CCCN(Cc3cc(C4CC4)on3)C2)n[nH]1. The first-order valence-corrected chi connectivity index (χ1v) is 7.84. The van der Waals surface area contributed by atoms with Crippen molar-refractivity contribution in [2.24, 2.45) is 0 Å². The van der Waals surface area contributed by atoms with Gasteiger partial charge in [-0.25, -0.2) is 4.98 Å². The molecule has 1 aliphatic carbocycles. The molecule has 2 aromatic heterocycles. The van der Waals surface area contributed by atoms with E-state index < -0.39 is 0 Å². The van der Waals surface area contributed by atoms with Gasteiger partial charge in [-0.05, 0) is 39.2 Å². The molecule has 2 aromatic rings. The molecular weight excluding hydrogens is 266 g/mol. The molecule has 112 valence electrons. The third-order valence-corrected chi connectivity index (χ3v) is 4.43.